The van der Waals surface area contributed by atoms with Crippen LogP contribution in [0.4, 0.5) is 0 Å². The van der Waals surface area contributed by atoms with Crippen molar-refractivity contribution in [1.29, 1.82) is 0 Å². The zero-order valence-corrected chi connectivity index (χ0v) is 7.01. The topological polar surface area (TPSA) is 112 Å². The van der Waals surface area contributed by atoms with Gasteiger partial charge in [0.2, 0.25) is 0 Å². The van der Waals surface area contributed by atoms with Crippen molar-refractivity contribution in [3.8, 4) is 0 Å². The Morgan fingerprint density at radius 2 is 1.82 bits per heavy atom. The van der Waals surface area contributed by atoms with Crippen LogP contribution in [0.2, 0.25) is 0 Å². The van der Waals surface area contributed by atoms with Crippen molar-refractivity contribution in [2.24, 2.45) is 11.5 Å². The van der Waals surface area contributed by atoms with E-state index in [-0.39, 0.29) is 0 Å². The van der Waals surface area contributed by atoms with Crippen LogP contribution in [0.15, 0.2) is 0 Å². The van der Waals surface area contributed by atoms with Gasteiger partial charge in [-0.25, -0.2) is 4.79 Å². The lowest BCUT2D eigenvalue weighted by Crippen LogP contribution is -2.54. The van der Waals surface area contributed by atoms with Gasteiger partial charge in [0.05, 0.1) is 6.26 Å². The van der Waals surface area contributed by atoms with Gasteiger partial charge in [0.25, 0.3) is 0 Å². The zero-order chi connectivity index (χ0) is 9.28. The van der Waals surface area contributed by atoms with Crippen LogP contribution < -0.4 is 11.5 Å². The third kappa shape index (κ3) is 4.71. The molecule has 0 atom stereocenters. The molecule has 0 amide bonds. The smallest absolute Gasteiger partial charge is 0.343 e. The second kappa shape index (κ2) is 2.76. The lowest BCUT2D eigenvalue weighted by Gasteiger charge is -2.14. The average molecular weight is 182 g/mol. The van der Waals surface area contributed by atoms with Crippen LogP contribution in [-0.4, -0.2) is 26.3 Å². The van der Waals surface area contributed by atoms with Crippen LogP contribution in [0.1, 0.15) is 6.92 Å². The molecule has 7 heteroatoms. The number of rotatable bonds is 2. The molecular weight excluding hydrogens is 172 g/mol. The molecule has 0 radical (unpaired) electrons. The summed E-state index contributed by atoms with van der Waals surface area (Å²) in [6.07, 6.45) is 0.733. The summed E-state index contributed by atoms with van der Waals surface area (Å²) in [6.45, 7) is 1.14. The van der Waals surface area contributed by atoms with Crippen LogP contribution in [0.25, 0.3) is 0 Å². The molecule has 0 spiro atoms. The van der Waals surface area contributed by atoms with Crippen LogP contribution >= 0.6 is 0 Å². The molecule has 4 N–H and O–H groups in total. The van der Waals surface area contributed by atoms with Crippen molar-refractivity contribution in [1.82, 2.24) is 0 Å². The summed E-state index contributed by atoms with van der Waals surface area (Å²) in [7, 11) is -3.82. The standard InChI is InChI=1S/C4H10N2O4S/c1-4(5,6)3(7)10-11(2,8)9/h5-6H2,1-2H3. The Hall–Kier alpha value is -0.660. The van der Waals surface area contributed by atoms with Crippen LogP contribution in [0.5, 0.6) is 0 Å². The maximum Gasteiger partial charge on any atom is 0.356 e. The number of hydrogen-bond acceptors (Lipinski definition) is 6. The summed E-state index contributed by atoms with van der Waals surface area (Å²) in [5, 5.41) is 0. The normalized spacial score (nSPS) is 12.7. The van der Waals surface area contributed by atoms with E-state index in [0.29, 0.717) is 0 Å². The molecular formula is C4H10N2O4S. The molecule has 0 unspecified atom stereocenters. The molecule has 0 aromatic heterocycles. The Bertz CT molecular complexity index is 250. The predicted octanol–water partition coefficient (Wildman–Crippen LogP) is -1.88. The van der Waals surface area contributed by atoms with Crippen LogP contribution in [0.3, 0.4) is 0 Å². The first kappa shape index (κ1) is 10.3. The Morgan fingerprint density at radius 3 is 1.91 bits per heavy atom. The van der Waals surface area contributed by atoms with Gasteiger partial charge >= 0.3 is 16.1 Å². The van der Waals surface area contributed by atoms with Gasteiger partial charge in [-0.3, -0.25) is 0 Å². The zero-order valence-electron chi connectivity index (χ0n) is 6.20. The van der Waals surface area contributed by atoms with Crippen molar-refractivity contribution >= 4 is 16.1 Å². The minimum Gasteiger partial charge on any atom is -0.343 e. The molecule has 0 rings (SSSR count). The van der Waals surface area contributed by atoms with Crippen LogP contribution in [0, 0.1) is 0 Å². The SMILES string of the molecule is CC(N)(N)C(=O)OS(C)(=O)=O. The van der Waals surface area contributed by atoms with Crippen molar-refractivity contribution < 1.29 is 17.4 Å². The van der Waals surface area contributed by atoms with Crippen molar-refractivity contribution in [2.75, 3.05) is 6.26 Å². The molecule has 0 aromatic carbocycles. The second-order valence-corrected chi connectivity index (χ2v) is 3.93. The number of nitrogens with two attached hydrogens (primary N) is 2. The molecule has 0 aliphatic heterocycles. The van der Waals surface area contributed by atoms with Crippen molar-refractivity contribution in [3.63, 3.8) is 0 Å². The second-order valence-electron chi connectivity index (χ2n) is 2.36. The van der Waals surface area contributed by atoms with Gasteiger partial charge in [-0.2, -0.15) is 8.42 Å². The van der Waals surface area contributed by atoms with Crippen LogP contribution in [-0.2, 0) is 19.1 Å². The molecule has 0 saturated carbocycles. The van der Waals surface area contributed by atoms with Gasteiger partial charge < -0.3 is 15.7 Å². The Labute approximate surface area is 64.6 Å². The van der Waals surface area contributed by atoms with Gasteiger partial charge in [-0.05, 0) is 6.92 Å². The maximum absolute atomic E-state index is 10.6. The van der Waals surface area contributed by atoms with E-state index in [9.17, 15) is 13.2 Å². The predicted molar refractivity (Wildman–Crippen MR) is 37.7 cm³/mol. The highest BCUT2D eigenvalue weighted by atomic mass is 32.2. The maximum atomic E-state index is 10.6. The Balaban J connectivity index is 4.35. The molecule has 0 aliphatic carbocycles. The first-order chi connectivity index (χ1) is 4.63. The van der Waals surface area contributed by atoms with E-state index >= 15 is 0 Å². The first-order valence-corrected chi connectivity index (χ1v) is 4.46. The molecule has 11 heavy (non-hydrogen) atoms. The summed E-state index contributed by atoms with van der Waals surface area (Å²) in [5.41, 5.74) is 8.28. The molecule has 0 fully saturated rings. The summed E-state index contributed by atoms with van der Waals surface area (Å²) in [5.74, 6) is -1.18. The van der Waals surface area contributed by atoms with E-state index in [2.05, 4.69) is 4.18 Å². The Morgan fingerprint density at radius 1 is 1.45 bits per heavy atom. The fourth-order valence-corrected chi connectivity index (χ4v) is 0.682. The van der Waals surface area contributed by atoms with E-state index in [1.807, 2.05) is 0 Å². The lowest BCUT2D eigenvalue weighted by molar-refractivity contribution is -0.139. The summed E-state index contributed by atoms with van der Waals surface area (Å²) < 4.78 is 24.6. The van der Waals surface area contributed by atoms with E-state index in [1.165, 1.54) is 0 Å². The third-order valence-corrected chi connectivity index (χ3v) is 1.12. The van der Waals surface area contributed by atoms with Crippen molar-refractivity contribution in [3.05, 3.63) is 0 Å². The van der Waals surface area contributed by atoms with Gasteiger partial charge in [0.15, 0.2) is 5.66 Å². The Kier molecular flexibility index (Phi) is 2.60. The number of carbonyl (C=O) groups excluding carboxylic acids is 1. The average Bonchev–Trinajstić information content (AvgIpc) is 1.56. The molecule has 0 saturated heterocycles. The largest absolute Gasteiger partial charge is 0.356 e. The summed E-state index contributed by atoms with van der Waals surface area (Å²) in [4.78, 5) is 10.6. The fourth-order valence-electron chi connectivity index (χ4n) is 0.227. The van der Waals surface area contributed by atoms with E-state index in [0.717, 1.165) is 13.2 Å². The van der Waals surface area contributed by atoms with E-state index in [1.54, 1.807) is 0 Å². The lowest BCUT2D eigenvalue weighted by atomic mass is 10.2. The highest BCUT2D eigenvalue weighted by Gasteiger charge is 2.27. The molecule has 66 valence electrons. The van der Waals surface area contributed by atoms with Gasteiger partial charge in [-0.15, -0.1) is 0 Å². The number of carbonyl (C=O) groups is 1. The van der Waals surface area contributed by atoms with Gasteiger partial charge in [0.1, 0.15) is 0 Å². The molecule has 6 nitrogen and oxygen atoms in total. The van der Waals surface area contributed by atoms with Gasteiger partial charge in [0, 0.05) is 0 Å². The van der Waals surface area contributed by atoms with Gasteiger partial charge in [-0.1, -0.05) is 0 Å². The van der Waals surface area contributed by atoms with E-state index < -0.39 is 21.8 Å². The molecule has 0 aliphatic rings. The summed E-state index contributed by atoms with van der Waals surface area (Å²) in [6, 6.07) is 0. The van der Waals surface area contributed by atoms with E-state index in [4.69, 9.17) is 11.5 Å². The fraction of sp³-hybridized carbons (Fsp3) is 0.750. The quantitative estimate of drug-likeness (QED) is 0.382. The number of hydrogen-bond donors (Lipinski definition) is 2. The minimum absolute atomic E-state index is 0.733. The minimum atomic E-state index is -3.82. The molecule has 0 bridgehead atoms. The monoisotopic (exact) mass is 182 g/mol. The summed E-state index contributed by atoms with van der Waals surface area (Å²) >= 11 is 0. The highest BCUT2D eigenvalue weighted by Crippen LogP contribution is 1.96. The highest BCUT2D eigenvalue weighted by molar-refractivity contribution is 7.86. The van der Waals surface area contributed by atoms with Crippen molar-refractivity contribution in [2.45, 2.75) is 12.6 Å². The first-order valence-electron chi connectivity index (χ1n) is 2.64. The molecule has 0 aromatic rings. The third-order valence-electron chi connectivity index (χ3n) is 0.667. The molecule has 0 heterocycles.